The molecule has 1 N–H and O–H groups in total. The van der Waals surface area contributed by atoms with Gasteiger partial charge >= 0.3 is 0 Å². The fourth-order valence-electron chi connectivity index (χ4n) is 3.50. The van der Waals surface area contributed by atoms with Crippen LogP contribution in [0.15, 0.2) is 43.0 Å². The third-order valence-corrected chi connectivity index (χ3v) is 4.86. The first-order chi connectivity index (χ1) is 12.6. The van der Waals surface area contributed by atoms with E-state index in [1.54, 1.807) is 12.5 Å². The lowest BCUT2D eigenvalue weighted by Gasteiger charge is -2.42. The zero-order valence-corrected chi connectivity index (χ0v) is 15.3. The predicted molar refractivity (Wildman–Crippen MR) is 98.7 cm³/mol. The monoisotopic (exact) mass is 357 g/mol. The molecule has 6 heteroatoms. The molecule has 3 rings (SSSR count). The van der Waals surface area contributed by atoms with Gasteiger partial charge in [-0.15, -0.1) is 0 Å². The summed E-state index contributed by atoms with van der Waals surface area (Å²) in [5.41, 5.74) is 1.58. The molecule has 1 atom stereocenters. The van der Waals surface area contributed by atoms with Crippen molar-refractivity contribution in [1.82, 2.24) is 14.5 Å². The van der Waals surface area contributed by atoms with Gasteiger partial charge in [0, 0.05) is 38.3 Å². The Labute approximate surface area is 154 Å². The van der Waals surface area contributed by atoms with Gasteiger partial charge in [0.2, 0.25) is 5.91 Å². The number of aliphatic hydroxyl groups is 1. The molecule has 0 spiro atoms. The quantitative estimate of drug-likeness (QED) is 0.821. The highest BCUT2D eigenvalue weighted by atomic mass is 16.5. The van der Waals surface area contributed by atoms with Crippen LogP contribution in [0.5, 0.6) is 0 Å². The molecule has 140 valence electrons. The van der Waals surface area contributed by atoms with E-state index in [1.807, 2.05) is 40.8 Å². The minimum absolute atomic E-state index is 0.0975. The number of hydrogen-bond donors (Lipinski definition) is 1. The molecule has 6 nitrogen and oxygen atoms in total. The van der Waals surface area contributed by atoms with Gasteiger partial charge in [-0.05, 0) is 18.9 Å². The second-order valence-corrected chi connectivity index (χ2v) is 7.07. The van der Waals surface area contributed by atoms with Crippen molar-refractivity contribution in [2.24, 2.45) is 0 Å². The second kappa shape index (κ2) is 8.47. The fourth-order valence-corrected chi connectivity index (χ4v) is 3.50. The topological polar surface area (TPSA) is 67.6 Å². The molecule has 1 saturated heterocycles. The maximum Gasteiger partial charge on any atom is 0.222 e. The molecule has 0 bridgehead atoms. The van der Waals surface area contributed by atoms with Gasteiger partial charge in [-0.25, -0.2) is 4.98 Å². The third-order valence-electron chi connectivity index (χ3n) is 4.86. The number of aromatic nitrogens is 2. The van der Waals surface area contributed by atoms with Crippen LogP contribution in [0.2, 0.25) is 0 Å². The Balaban J connectivity index is 1.58. The normalized spacial score (nSPS) is 20.3. The first-order valence-corrected chi connectivity index (χ1v) is 9.14. The molecule has 1 aromatic heterocycles. The van der Waals surface area contributed by atoms with Crippen LogP contribution in [-0.2, 0) is 22.5 Å². The van der Waals surface area contributed by atoms with Gasteiger partial charge in [0.1, 0.15) is 5.60 Å². The number of benzene rings is 1. The predicted octanol–water partition coefficient (Wildman–Crippen LogP) is 1.80. The van der Waals surface area contributed by atoms with Crippen LogP contribution in [0.25, 0.3) is 0 Å². The highest BCUT2D eigenvalue weighted by molar-refractivity contribution is 5.76. The molecular weight excluding hydrogens is 330 g/mol. The van der Waals surface area contributed by atoms with Gasteiger partial charge in [0.25, 0.3) is 0 Å². The van der Waals surface area contributed by atoms with E-state index in [0.717, 1.165) is 18.5 Å². The number of carbonyl (C=O) groups excluding carboxylic acids is 1. The van der Waals surface area contributed by atoms with Gasteiger partial charge in [-0.1, -0.05) is 29.8 Å². The highest BCUT2D eigenvalue weighted by Crippen LogP contribution is 2.24. The molecule has 1 amide bonds. The van der Waals surface area contributed by atoms with Crippen LogP contribution in [0.3, 0.4) is 0 Å². The van der Waals surface area contributed by atoms with E-state index in [2.05, 4.69) is 11.1 Å². The molecule has 1 fully saturated rings. The van der Waals surface area contributed by atoms with Gasteiger partial charge in [0.05, 0.1) is 26.1 Å². The molecule has 0 aliphatic carbocycles. The van der Waals surface area contributed by atoms with Crippen molar-refractivity contribution in [2.45, 2.75) is 38.3 Å². The lowest BCUT2D eigenvalue weighted by atomic mass is 9.92. The number of amides is 1. The maximum absolute atomic E-state index is 12.6. The van der Waals surface area contributed by atoms with E-state index in [4.69, 9.17) is 4.74 Å². The summed E-state index contributed by atoms with van der Waals surface area (Å²) in [7, 11) is 0. The van der Waals surface area contributed by atoms with Crippen LogP contribution >= 0.6 is 0 Å². The van der Waals surface area contributed by atoms with Crippen LogP contribution in [-0.4, -0.2) is 57.4 Å². The number of imidazole rings is 1. The van der Waals surface area contributed by atoms with E-state index in [-0.39, 0.29) is 12.5 Å². The molecule has 2 aromatic rings. The largest absolute Gasteiger partial charge is 0.393 e. The van der Waals surface area contributed by atoms with Gasteiger partial charge < -0.3 is 19.3 Å². The van der Waals surface area contributed by atoms with Crippen LogP contribution in [0.1, 0.15) is 24.0 Å². The molecule has 1 aliphatic heterocycles. The van der Waals surface area contributed by atoms with Gasteiger partial charge in [0.15, 0.2) is 0 Å². The summed E-state index contributed by atoms with van der Waals surface area (Å²) in [6, 6.07) is 8.21. The van der Waals surface area contributed by atoms with E-state index in [0.29, 0.717) is 32.5 Å². The summed E-state index contributed by atoms with van der Waals surface area (Å²) >= 11 is 0. The summed E-state index contributed by atoms with van der Waals surface area (Å²) in [5.74, 6) is 0.121. The summed E-state index contributed by atoms with van der Waals surface area (Å²) in [4.78, 5) is 18.4. The summed E-state index contributed by atoms with van der Waals surface area (Å²) < 4.78 is 7.92. The van der Waals surface area contributed by atoms with Crippen LogP contribution in [0.4, 0.5) is 0 Å². The minimum Gasteiger partial charge on any atom is -0.393 e. The molecule has 0 radical (unpaired) electrons. The Morgan fingerprint density at radius 2 is 2.31 bits per heavy atom. The Morgan fingerprint density at radius 3 is 3.04 bits per heavy atom. The molecule has 0 saturated carbocycles. The summed E-state index contributed by atoms with van der Waals surface area (Å²) in [5, 5.41) is 10.00. The van der Waals surface area contributed by atoms with E-state index >= 15 is 0 Å². The Hall–Kier alpha value is -2.18. The van der Waals surface area contributed by atoms with Crippen molar-refractivity contribution in [2.75, 3.05) is 26.3 Å². The van der Waals surface area contributed by atoms with Crippen molar-refractivity contribution < 1.29 is 14.6 Å². The van der Waals surface area contributed by atoms with E-state index in [1.165, 1.54) is 5.56 Å². The number of aryl methyl sites for hydroxylation is 2. The summed E-state index contributed by atoms with van der Waals surface area (Å²) in [6.45, 7) is 4.21. The smallest absolute Gasteiger partial charge is 0.222 e. The zero-order chi connectivity index (χ0) is 18.4. The lowest BCUT2D eigenvalue weighted by Crippen LogP contribution is -2.56. The third kappa shape index (κ3) is 4.71. The first-order valence-electron chi connectivity index (χ1n) is 9.14. The minimum atomic E-state index is -0.716. The molecule has 0 unspecified atom stereocenters. The van der Waals surface area contributed by atoms with Crippen molar-refractivity contribution in [3.63, 3.8) is 0 Å². The number of nitrogens with zero attached hydrogens (tertiary/aromatic N) is 3. The fraction of sp³-hybridized carbons (Fsp3) is 0.500. The number of hydrogen-bond acceptors (Lipinski definition) is 4. The second-order valence-electron chi connectivity index (χ2n) is 7.07. The number of rotatable bonds is 7. The number of carbonyl (C=O) groups is 1. The lowest BCUT2D eigenvalue weighted by molar-refractivity contribution is -0.158. The SMILES string of the molecule is Cc1cccc(C[C@]2(CO)CN(C(=O)CCCn3ccnc3)CCO2)c1. The number of morpholine rings is 1. The molecular formula is C20H27N3O3. The maximum atomic E-state index is 12.6. The molecule has 1 aromatic carbocycles. The number of ether oxygens (including phenoxy) is 1. The number of aliphatic hydroxyl groups excluding tert-OH is 1. The van der Waals surface area contributed by atoms with Crippen molar-refractivity contribution >= 4 is 5.91 Å². The van der Waals surface area contributed by atoms with Crippen LogP contribution in [0, 0.1) is 6.92 Å². The molecule has 1 aliphatic rings. The Kier molecular flexibility index (Phi) is 6.06. The highest BCUT2D eigenvalue weighted by Gasteiger charge is 2.38. The molecule has 26 heavy (non-hydrogen) atoms. The van der Waals surface area contributed by atoms with Crippen LogP contribution < -0.4 is 0 Å². The van der Waals surface area contributed by atoms with E-state index in [9.17, 15) is 9.90 Å². The standard InChI is InChI=1S/C20H27N3O3/c1-17-4-2-5-18(12-17)13-20(15-24)14-23(10-11-26-20)19(25)6-3-8-22-9-7-21-16-22/h2,4-5,7,9,12,16,24H,3,6,8,10-11,13-15H2,1H3/t20-/m1/s1. The summed E-state index contributed by atoms with van der Waals surface area (Å²) in [6.07, 6.45) is 7.27. The van der Waals surface area contributed by atoms with Crippen molar-refractivity contribution in [3.8, 4) is 0 Å². The molecule has 2 heterocycles. The Morgan fingerprint density at radius 1 is 1.42 bits per heavy atom. The Bertz CT molecular complexity index is 717. The average Bonchev–Trinajstić information content (AvgIpc) is 3.15. The van der Waals surface area contributed by atoms with Crippen molar-refractivity contribution in [3.05, 3.63) is 54.1 Å². The first kappa shape index (κ1) is 18.6. The van der Waals surface area contributed by atoms with E-state index < -0.39 is 5.60 Å². The van der Waals surface area contributed by atoms with Gasteiger partial charge in [-0.2, -0.15) is 0 Å². The van der Waals surface area contributed by atoms with Gasteiger partial charge in [-0.3, -0.25) is 4.79 Å². The average molecular weight is 357 g/mol. The van der Waals surface area contributed by atoms with Crippen molar-refractivity contribution in [1.29, 1.82) is 0 Å². The zero-order valence-electron chi connectivity index (χ0n) is 15.3.